The lowest BCUT2D eigenvalue weighted by Gasteiger charge is -2.26. The first-order chi connectivity index (χ1) is 9.78. The van der Waals surface area contributed by atoms with E-state index in [0.29, 0.717) is 5.75 Å². The van der Waals surface area contributed by atoms with Crippen LogP contribution in [0.2, 0.25) is 0 Å². The van der Waals surface area contributed by atoms with Crippen molar-refractivity contribution in [1.82, 2.24) is 0 Å². The molecule has 1 N–H and O–H groups in total. The number of unbranched alkanes of at least 4 members (excludes halogenated alkanes) is 1. The second-order valence-electron chi connectivity index (χ2n) is 6.20. The number of allylic oxidation sites excluding steroid dienone is 2. The van der Waals surface area contributed by atoms with Crippen molar-refractivity contribution in [3.05, 3.63) is 42.0 Å². The summed E-state index contributed by atoms with van der Waals surface area (Å²) in [6.45, 7) is 2.24. The molecular formula is C19H28O. The molecule has 1 aromatic carbocycles. The average Bonchev–Trinajstić information content (AvgIpc) is 2.48. The van der Waals surface area contributed by atoms with Gasteiger partial charge < -0.3 is 5.11 Å². The third-order valence-corrected chi connectivity index (χ3v) is 4.53. The summed E-state index contributed by atoms with van der Waals surface area (Å²) < 4.78 is 0. The lowest BCUT2D eigenvalue weighted by atomic mass is 9.79. The smallest absolute Gasteiger partial charge is 0.115 e. The molecule has 0 saturated heterocycles. The lowest BCUT2D eigenvalue weighted by Crippen LogP contribution is -2.13. The van der Waals surface area contributed by atoms with E-state index in [0.717, 1.165) is 18.3 Å². The van der Waals surface area contributed by atoms with Gasteiger partial charge in [-0.1, -0.05) is 37.6 Å². The van der Waals surface area contributed by atoms with Crippen molar-refractivity contribution in [2.24, 2.45) is 11.8 Å². The van der Waals surface area contributed by atoms with E-state index in [-0.39, 0.29) is 0 Å². The third-order valence-electron chi connectivity index (χ3n) is 4.53. The van der Waals surface area contributed by atoms with E-state index in [1.807, 2.05) is 0 Å². The Bertz CT molecular complexity index is 396. The summed E-state index contributed by atoms with van der Waals surface area (Å²) in [6, 6.07) is 7.69. The van der Waals surface area contributed by atoms with E-state index >= 15 is 0 Å². The molecule has 0 spiro atoms. The second kappa shape index (κ2) is 8.14. The largest absolute Gasteiger partial charge is 0.508 e. The fraction of sp³-hybridized carbons (Fsp3) is 0.579. The fourth-order valence-corrected chi connectivity index (χ4v) is 3.16. The van der Waals surface area contributed by atoms with Crippen molar-refractivity contribution in [3.8, 4) is 5.75 Å². The van der Waals surface area contributed by atoms with Crippen molar-refractivity contribution >= 4 is 0 Å². The maximum atomic E-state index is 9.29. The van der Waals surface area contributed by atoms with Crippen molar-refractivity contribution < 1.29 is 5.11 Å². The van der Waals surface area contributed by atoms with E-state index in [4.69, 9.17) is 0 Å². The van der Waals surface area contributed by atoms with Gasteiger partial charge in [0.15, 0.2) is 0 Å². The number of rotatable bonds is 6. The second-order valence-corrected chi connectivity index (χ2v) is 6.20. The van der Waals surface area contributed by atoms with Gasteiger partial charge in [-0.05, 0) is 74.5 Å². The van der Waals surface area contributed by atoms with Crippen LogP contribution in [0, 0.1) is 11.8 Å². The Hall–Kier alpha value is -1.24. The Balaban J connectivity index is 1.68. The topological polar surface area (TPSA) is 20.2 Å². The molecule has 1 aliphatic rings. The van der Waals surface area contributed by atoms with E-state index in [2.05, 4.69) is 31.2 Å². The SMILES string of the molecule is CCCC=C[C@H]1CC[C@H](CCc2ccc(O)cc2)CC1. The number of aromatic hydroxyl groups is 1. The molecule has 0 amide bonds. The summed E-state index contributed by atoms with van der Waals surface area (Å²) >= 11 is 0. The van der Waals surface area contributed by atoms with Crippen molar-refractivity contribution in [2.75, 3.05) is 0 Å². The first-order valence-corrected chi connectivity index (χ1v) is 8.22. The predicted octanol–water partition coefficient (Wildman–Crippen LogP) is 5.49. The summed E-state index contributed by atoms with van der Waals surface area (Å²) in [6.07, 6.45) is 15.3. The van der Waals surface area contributed by atoms with Crippen LogP contribution in [0.25, 0.3) is 0 Å². The average molecular weight is 272 g/mol. The monoisotopic (exact) mass is 272 g/mol. The number of hydrogen-bond acceptors (Lipinski definition) is 1. The first kappa shape index (κ1) is 15.2. The van der Waals surface area contributed by atoms with Gasteiger partial charge in [0.1, 0.15) is 5.75 Å². The van der Waals surface area contributed by atoms with Crippen LogP contribution in [-0.4, -0.2) is 5.11 Å². The molecule has 1 aromatic rings. The lowest BCUT2D eigenvalue weighted by molar-refractivity contribution is 0.296. The van der Waals surface area contributed by atoms with Gasteiger partial charge in [-0.3, -0.25) is 0 Å². The van der Waals surface area contributed by atoms with Gasteiger partial charge in [-0.15, -0.1) is 0 Å². The minimum absolute atomic E-state index is 0.369. The molecule has 1 fully saturated rings. The third kappa shape index (κ3) is 5.03. The summed E-state index contributed by atoms with van der Waals surface area (Å²) in [5.74, 6) is 2.11. The minimum atomic E-state index is 0.369. The minimum Gasteiger partial charge on any atom is -0.508 e. The van der Waals surface area contributed by atoms with E-state index in [1.165, 1.54) is 50.5 Å². The summed E-state index contributed by atoms with van der Waals surface area (Å²) in [7, 11) is 0. The molecule has 1 nitrogen and oxygen atoms in total. The molecular weight excluding hydrogens is 244 g/mol. The number of phenols is 1. The number of aryl methyl sites for hydroxylation is 1. The Morgan fingerprint density at radius 3 is 2.45 bits per heavy atom. The first-order valence-electron chi connectivity index (χ1n) is 8.22. The molecule has 110 valence electrons. The van der Waals surface area contributed by atoms with Crippen LogP contribution in [0.1, 0.15) is 57.4 Å². The van der Waals surface area contributed by atoms with Gasteiger partial charge in [0.25, 0.3) is 0 Å². The molecule has 20 heavy (non-hydrogen) atoms. The number of phenolic OH excluding ortho intramolecular Hbond substituents is 1. The van der Waals surface area contributed by atoms with Crippen LogP contribution < -0.4 is 0 Å². The van der Waals surface area contributed by atoms with Gasteiger partial charge in [-0.2, -0.15) is 0 Å². The molecule has 1 saturated carbocycles. The molecule has 0 heterocycles. The Morgan fingerprint density at radius 2 is 1.80 bits per heavy atom. The zero-order valence-electron chi connectivity index (χ0n) is 12.7. The van der Waals surface area contributed by atoms with Gasteiger partial charge in [0.05, 0.1) is 0 Å². The zero-order valence-corrected chi connectivity index (χ0v) is 12.7. The van der Waals surface area contributed by atoms with Crippen molar-refractivity contribution in [3.63, 3.8) is 0 Å². The van der Waals surface area contributed by atoms with Gasteiger partial charge in [-0.25, -0.2) is 0 Å². The normalized spacial score (nSPS) is 23.2. The summed E-state index contributed by atoms with van der Waals surface area (Å²) in [5.41, 5.74) is 1.35. The maximum absolute atomic E-state index is 9.29. The van der Waals surface area contributed by atoms with E-state index < -0.39 is 0 Å². The number of benzene rings is 1. The quantitative estimate of drug-likeness (QED) is 0.679. The van der Waals surface area contributed by atoms with Crippen LogP contribution in [0.4, 0.5) is 0 Å². The fourth-order valence-electron chi connectivity index (χ4n) is 3.16. The Morgan fingerprint density at radius 1 is 1.10 bits per heavy atom. The predicted molar refractivity (Wildman–Crippen MR) is 85.9 cm³/mol. The van der Waals surface area contributed by atoms with Crippen LogP contribution in [0.15, 0.2) is 36.4 Å². The molecule has 0 bridgehead atoms. The van der Waals surface area contributed by atoms with Crippen LogP contribution in [0.5, 0.6) is 5.75 Å². The molecule has 0 radical (unpaired) electrons. The highest BCUT2D eigenvalue weighted by Crippen LogP contribution is 2.32. The van der Waals surface area contributed by atoms with Gasteiger partial charge in [0.2, 0.25) is 0 Å². The molecule has 1 heteroatoms. The van der Waals surface area contributed by atoms with Gasteiger partial charge in [0, 0.05) is 0 Å². The highest BCUT2D eigenvalue weighted by Gasteiger charge is 2.19. The highest BCUT2D eigenvalue weighted by atomic mass is 16.3. The van der Waals surface area contributed by atoms with E-state index in [1.54, 1.807) is 12.1 Å². The highest BCUT2D eigenvalue weighted by molar-refractivity contribution is 5.25. The maximum Gasteiger partial charge on any atom is 0.115 e. The summed E-state index contributed by atoms with van der Waals surface area (Å²) in [5, 5.41) is 9.29. The number of hydrogen-bond donors (Lipinski definition) is 1. The van der Waals surface area contributed by atoms with E-state index in [9.17, 15) is 5.11 Å². The Labute approximate surface area is 123 Å². The van der Waals surface area contributed by atoms with Crippen LogP contribution >= 0.6 is 0 Å². The Kier molecular flexibility index (Phi) is 6.17. The molecule has 0 unspecified atom stereocenters. The standard InChI is InChI=1S/C19H28O/c1-2-3-4-5-16-6-8-17(9-7-16)10-11-18-12-14-19(20)15-13-18/h4-5,12-17,20H,2-3,6-11H2,1H3/t16-,17-. The molecule has 0 aromatic heterocycles. The van der Waals surface area contributed by atoms with Crippen molar-refractivity contribution in [1.29, 1.82) is 0 Å². The molecule has 0 aliphatic heterocycles. The molecule has 0 atom stereocenters. The zero-order chi connectivity index (χ0) is 14.2. The molecule has 2 rings (SSSR count). The van der Waals surface area contributed by atoms with Crippen LogP contribution in [0.3, 0.4) is 0 Å². The van der Waals surface area contributed by atoms with Gasteiger partial charge >= 0.3 is 0 Å². The van der Waals surface area contributed by atoms with Crippen molar-refractivity contribution in [2.45, 2.75) is 58.3 Å². The summed E-state index contributed by atoms with van der Waals surface area (Å²) in [4.78, 5) is 0. The molecule has 1 aliphatic carbocycles. The van der Waals surface area contributed by atoms with Crippen LogP contribution in [-0.2, 0) is 6.42 Å².